The highest BCUT2D eigenvalue weighted by Gasteiger charge is 2.22. The molecular formula is C12H17BrN2O4S. The van der Waals surface area contributed by atoms with Crippen LogP contribution in [0.25, 0.3) is 0 Å². The molecule has 0 bridgehead atoms. The average molecular weight is 365 g/mol. The number of hydrogen-bond acceptors (Lipinski definition) is 5. The number of benzene rings is 1. The molecule has 0 saturated carbocycles. The van der Waals surface area contributed by atoms with E-state index in [1.165, 1.54) is 25.3 Å². The smallest absolute Gasteiger partial charge is 0.337 e. The topological polar surface area (TPSA) is 98.5 Å². The minimum Gasteiger partial charge on any atom is -0.465 e. The Morgan fingerprint density at radius 3 is 2.50 bits per heavy atom. The van der Waals surface area contributed by atoms with Crippen LogP contribution in [0, 0.1) is 0 Å². The van der Waals surface area contributed by atoms with Crippen LogP contribution in [0.4, 0.5) is 0 Å². The summed E-state index contributed by atoms with van der Waals surface area (Å²) in [6, 6.07) is 4.12. The molecular weight excluding hydrogens is 348 g/mol. The number of halogens is 1. The standard InChI is InChI=1S/C12H17BrN2O4S/c1-12(2,14)7-15-20(17,18)10-5-4-8(6-9(10)13)11(16)19-3/h4-6,15H,7,14H2,1-3H3. The monoisotopic (exact) mass is 364 g/mol. The number of hydrogen-bond donors (Lipinski definition) is 2. The van der Waals surface area contributed by atoms with E-state index < -0.39 is 21.5 Å². The second-order valence-corrected chi connectivity index (χ2v) is 7.54. The Kier molecular flexibility index (Phi) is 5.31. The molecule has 0 aromatic heterocycles. The summed E-state index contributed by atoms with van der Waals surface area (Å²) in [6.45, 7) is 3.52. The third-order valence-corrected chi connectivity index (χ3v) is 4.74. The molecule has 0 aliphatic heterocycles. The van der Waals surface area contributed by atoms with Crippen LogP contribution < -0.4 is 10.5 Å². The molecule has 0 amide bonds. The summed E-state index contributed by atoms with van der Waals surface area (Å²) < 4.78 is 31.5. The first-order chi connectivity index (χ1) is 9.07. The van der Waals surface area contributed by atoms with Crippen LogP contribution in [0.3, 0.4) is 0 Å². The van der Waals surface area contributed by atoms with E-state index in [4.69, 9.17) is 5.73 Å². The Morgan fingerprint density at radius 1 is 1.45 bits per heavy atom. The van der Waals surface area contributed by atoms with E-state index in [2.05, 4.69) is 25.4 Å². The quantitative estimate of drug-likeness (QED) is 0.766. The molecule has 1 rings (SSSR count). The molecule has 8 heteroatoms. The molecule has 112 valence electrons. The van der Waals surface area contributed by atoms with Gasteiger partial charge in [0.2, 0.25) is 10.0 Å². The van der Waals surface area contributed by atoms with Gasteiger partial charge in [0, 0.05) is 16.6 Å². The van der Waals surface area contributed by atoms with Crippen molar-refractivity contribution >= 4 is 31.9 Å². The van der Waals surface area contributed by atoms with Crippen LogP contribution in [-0.2, 0) is 14.8 Å². The van der Waals surface area contributed by atoms with Crippen LogP contribution in [0.15, 0.2) is 27.6 Å². The van der Waals surface area contributed by atoms with Gasteiger partial charge in [-0.15, -0.1) is 0 Å². The molecule has 3 N–H and O–H groups in total. The molecule has 0 spiro atoms. The fraction of sp³-hybridized carbons (Fsp3) is 0.417. The van der Waals surface area contributed by atoms with Crippen molar-refractivity contribution in [3.8, 4) is 0 Å². The van der Waals surface area contributed by atoms with Crippen molar-refractivity contribution in [2.75, 3.05) is 13.7 Å². The predicted molar refractivity (Wildman–Crippen MR) is 78.9 cm³/mol. The third kappa shape index (κ3) is 4.55. The van der Waals surface area contributed by atoms with Crippen molar-refractivity contribution < 1.29 is 17.9 Å². The zero-order valence-corrected chi connectivity index (χ0v) is 13.8. The fourth-order valence-electron chi connectivity index (χ4n) is 1.32. The lowest BCUT2D eigenvalue weighted by atomic mass is 10.1. The number of sulfonamides is 1. The van der Waals surface area contributed by atoms with E-state index in [9.17, 15) is 13.2 Å². The first-order valence-corrected chi connectivity index (χ1v) is 8.01. The molecule has 0 radical (unpaired) electrons. The summed E-state index contributed by atoms with van der Waals surface area (Å²) in [5.74, 6) is -0.536. The van der Waals surface area contributed by atoms with Gasteiger partial charge in [0.05, 0.1) is 17.6 Å². The largest absolute Gasteiger partial charge is 0.465 e. The lowest BCUT2D eigenvalue weighted by Crippen LogP contribution is -2.45. The molecule has 0 atom stereocenters. The number of rotatable bonds is 5. The lowest BCUT2D eigenvalue weighted by Gasteiger charge is -2.19. The van der Waals surface area contributed by atoms with Gasteiger partial charge in [0.25, 0.3) is 0 Å². The summed E-state index contributed by atoms with van der Waals surface area (Å²) in [5.41, 5.74) is 5.34. The lowest BCUT2D eigenvalue weighted by molar-refractivity contribution is 0.0600. The Labute approximate surface area is 126 Å². The summed E-state index contributed by atoms with van der Waals surface area (Å²) in [5, 5.41) is 0. The number of nitrogens with one attached hydrogen (secondary N) is 1. The number of esters is 1. The van der Waals surface area contributed by atoms with E-state index in [1.807, 2.05) is 0 Å². The van der Waals surface area contributed by atoms with Gasteiger partial charge in [0.15, 0.2) is 0 Å². The van der Waals surface area contributed by atoms with Crippen LogP contribution in [-0.4, -0.2) is 33.6 Å². The molecule has 1 aromatic rings. The minimum atomic E-state index is -3.70. The van der Waals surface area contributed by atoms with Crippen molar-refractivity contribution in [3.63, 3.8) is 0 Å². The third-order valence-electron chi connectivity index (χ3n) is 2.36. The van der Waals surface area contributed by atoms with Gasteiger partial charge >= 0.3 is 5.97 Å². The molecule has 0 saturated heterocycles. The van der Waals surface area contributed by atoms with E-state index in [1.54, 1.807) is 13.8 Å². The number of nitrogens with two attached hydrogens (primary N) is 1. The van der Waals surface area contributed by atoms with Gasteiger partial charge in [0.1, 0.15) is 0 Å². The molecule has 6 nitrogen and oxygen atoms in total. The fourth-order valence-corrected chi connectivity index (χ4v) is 3.62. The van der Waals surface area contributed by atoms with Crippen LogP contribution in [0.1, 0.15) is 24.2 Å². The minimum absolute atomic E-state index is 0.0365. The second kappa shape index (κ2) is 6.21. The molecule has 0 heterocycles. The predicted octanol–water partition coefficient (Wildman–Crippen LogP) is 1.25. The zero-order chi connectivity index (χ0) is 15.6. The second-order valence-electron chi connectivity index (χ2n) is 4.95. The summed E-state index contributed by atoms with van der Waals surface area (Å²) in [6.07, 6.45) is 0. The molecule has 0 aliphatic rings. The van der Waals surface area contributed by atoms with E-state index >= 15 is 0 Å². The van der Waals surface area contributed by atoms with Gasteiger partial charge in [-0.25, -0.2) is 17.9 Å². The van der Waals surface area contributed by atoms with Crippen LogP contribution >= 0.6 is 15.9 Å². The summed E-state index contributed by atoms with van der Waals surface area (Å²) in [7, 11) is -2.45. The van der Waals surface area contributed by atoms with Crippen molar-refractivity contribution in [3.05, 3.63) is 28.2 Å². The van der Waals surface area contributed by atoms with Crippen molar-refractivity contribution in [2.24, 2.45) is 5.73 Å². The normalized spacial score (nSPS) is 12.2. The maximum atomic E-state index is 12.1. The first kappa shape index (κ1) is 17.1. The molecule has 1 aromatic carbocycles. The molecule has 0 unspecified atom stereocenters. The van der Waals surface area contributed by atoms with E-state index in [0.29, 0.717) is 0 Å². The van der Waals surface area contributed by atoms with Gasteiger partial charge in [-0.2, -0.15) is 0 Å². The summed E-state index contributed by atoms with van der Waals surface area (Å²) >= 11 is 3.14. The SMILES string of the molecule is COC(=O)c1ccc(S(=O)(=O)NCC(C)(C)N)c(Br)c1. The Hall–Kier alpha value is -0.960. The van der Waals surface area contributed by atoms with Crippen molar-refractivity contribution in [2.45, 2.75) is 24.3 Å². The zero-order valence-electron chi connectivity index (χ0n) is 11.4. The van der Waals surface area contributed by atoms with Crippen molar-refractivity contribution in [1.82, 2.24) is 4.72 Å². The van der Waals surface area contributed by atoms with E-state index in [0.717, 1.165) is 0 Å². The molecule has 20 heavy (non-hydrogen) atoms. The van der Waals surface area contributed by atoms with Crippen molar-refractivity contribution in [1.29, 1.82) is 0 Å². The van der Waals surface area contributed by atoms with Gasteiger partial charge in [-0.05, 0) is 48.0 Å². The van der Waals surface area contributed by atoms with Gasteiger partial charge in [-0.3, -0.25) is 0 Å². The highest BCUT2D eigenvalue weighted by atomic mass is 79.9. The van der Waals surface area contributed by atoms with Gasteiger partial charge in [-0.1, -0.05) is 0 Å². The maximum Gasteiger partial charge on any atom is 0.337 e. The first-order valence-electron chi connectivity index (χ1n) is 5.73. The highest BCUT2D eigenvalue weighted by Crippen LogP contribution is 2.23. The average Bonchev–Trinajstić information content (AvgIpc) is 2.34. The molecule has 0 fully saturated rings. The maximum absolute atomic E-state index is 12.1. The number of carbonyl (C=O) groups excluding carboxylic acids is 1. The Morgan fingerprint density at radius 2 is 2.05 bits per heavy atom. The molecule has 0 aliphatic carbocycles. The Bertz CT molecular complexity index is 608. The number of carbonyl (C=O) groups is 1. The Balaban J connectivity index is 3.05. The van der Waals surface area contributed by atoms with Crippen LogP contribution in [0.2, 0.25) is 0 Å². The van der Waals surface area contributed by atoms with Crippen LogP contribution in [0.5, 0.6) is 0 Å². The number of ether oxygens (including phenoxy) is 1. The number of methoxy groups -OCH3 is 1. The summed E-state index contributed by atoms with van der Waals surface area (Å²) in [4.78, 5) is 11.4. The highest BCUT2D eigenvalue weighted by molar-refractivity contribution is 9.10. The van der Waals surface area contributed by atoms with Gasteiger partial charge < -0.3 is 10.5 Å². The van der Waals surface area contributed by atoms with E-state index in [-0.39, 0.29) is 21.5 Å².